The Morgan fingerprint density at radius 2 is 0.925 bits per heavy atom. The first kappa shape index (κ1) is 36.1. The molecule has 1 aliphatic rings. The van der Waals surface area contributed by atoms with E-state index in [9.17, 15) is 19.2 Å². The molecule has 2 amide bonds. The molecule has 1 aliphatic carbocycles. The maximum Gasteiger partial charge on any atom is 0.230 e. The van der Waals surface area contributed by atoms with Gasteiger partial charge in [0.2, 0.25) is 11.8 Å². The van der Waals surface area contributed by atoms with Crippen LogP contribution in [-0.4, -0.2) is 85.7 Å². The molecule has 0 aromatic heterocycles. The lowest BCUT2D eigenvalue weighted by Crippen LogP contribution is -3.00. The van der Waals surface area contributed by atoms with E-state index < -0.39 is 0 Å². The lowest BCUT2D eigenvalue weighted by molar-refractivity contribution is -0.905. The highest BCUT2D eigenvalue weighted by atomic mass is 127. The number of anilines is 2. The molecule has 0 fully saturated rings. The van der Waals surface area contributed by atoms with Crippen LogP contribution in [0, 0.1) is 0 Å². The van der Waals surface area contributed by atoms with Crippen molar-refractivity contribution in [1.29, 1.82) is 0 Å². The number of carbonyl (C=O) groups excluding carboxylic acids is 4. The third-order valence-corrected chi connectivity index (χ3v) is 8.40. The van der Waals surface area contributed by atoms with Gasteiger partial charge in [0, 0.05) is 33.6 Å². The molecule has 0 bridgehead atoms. The third kappa shape index (κ3) is 8.56. The minimum Gasteiger partial charge on any atom is -1.00 e. The number of benzene rings is 2. The Labute approximate surface area is 272 Å². The Bertz CT molecular complexity index is 1150. The summed E-state index contributed by atoms with van der Waals surface area (Å²) in [5.74, 6) is -0.804. The van der Waals surface area contributed by atoms with Crippen molar-refractivity contribution in [3.63, 3.8) is 0 Å². The fourth-order valence-corrected chi connectivity index (χ4v) is 4.58. The molecule has 0 unspecified atom stereocenters. The number of hydrogen-bond donors (Lipinski definition) is 2. The summed E-state index contributed by atoms with van der Waals surface area (Å²) in [5.41, 5.74) is 2.11. The quantitative estimate of drug-likeness (QED) is 0.166. The number of nitrogens with one attached hydrogen (secondary N) is 2. The second-order valence-electron chi connectivity index (χ2n) is 10.7. The zero-order valence-electron chi connectivity index (χ0n) is 24.4. The molecular weight excluding hydrogens is 734 g/mol. The van der Waals surface area contributed by atoms with E-state index in [1.165, 1.54) is 0 Å². The largest absolute Gasteiger partial charge is 1.00 e. The van der Waals surface area contributed by atoms with Crippen LogP contribution >= 0.6 is 0 Å². The normalized spacial score (nSPS) is 12.4. The lowest BCUT2D eigenvalue weighted by Gasteiger charge is -2.31. The average molecular weight is 776 g/mol. The Morgan fingerprint density at radius 1 is 0.600 bits per heavy atom. The SMILES string of the molecule is CC[N+](C)(CC)CCC(=O)Nc1ccc2c(c1)C(=O)c1cc(NC(=O)CC[N+](C)(CC)CC)ccc1C2=O.[I-].[I-]. The summed E-state index contributed by atoms with van der Waals surface area (Å²) in [7, 11) is 4.24. The Balaban J connectivity index is 0.00000400. The zero-order valence-corrected chi connectivity index (χ0v) is 28.7. The van der Waals surface area contributed by atoms with Gasteiger partial charge in [-0.3, -0.25) is 19.2 Å². The van der Waals surface area contributed by atoms with Crippen LogP contribution in [0.5, 0.6) is 0 Å². The Morgan fingerprint density at radius 3 is 1.25 bits per heavy atom. The summed E-state index contributed by atoms with van der Waals surface area (Å²) in [4.78, 5) is 51.7. The molecule has 2 aromatic carbocycles. The van der Waals surface area contributed by atoms with Gasteiger partial charge in [-0.1, -0.05) is 0 Å². The highest BCUT2D eigenvalue weighted by molar-refractivity contribution is 6.29. The van der Waals surface area contributed by atoms with Crippen LogP contribution in [-0.2, 0) is 9.59 Å². The van der Waals surface area contributed by atoms with Crippen molar-refractivity contribution in [2.24, 2.45) is 0 Å². The van der Waals surface area contributed by atoms with Gasteiger partial charge in [0.15, 0.2) is 11.6 Å². The van der Waals surface area contributed by atoms with E-state index in [2.05, 4.69) is 52.4 Å². The number of halogens is 2. The molecule has 0 aliphatic heterocycles. The predicted octanol–water partition coefficient (Wildman–Crippen LogP) is -1.90. The smallest absolute Gasteiger partial charge is 0.230 e. The second kappa shape index (κ2) is 15.4. The summed E-state index contributed by atoms with van der Waals surface area (Å²) in [6.45, 7) is 13.6. The molecular formula is C30H42I2N4O4. The van der Waals surface area contributed by atoms with Crippen LogP contribution in [0.3, 0.4) is 0 Å². The molecule has 8 nitrogen and oxygen atoms in total. The number of ketones is 2. The van der Waals surface area contributed by atoms with Gasteiger partial charge in [0.1, 0.15) is 0 Å². The maximum atomic E-state index is 13.4. The van der Waals surface area contributed by atoms with Crippen LogP contribution in [0.4, 0.5) is 11.4 Å². The summed E-state index contributed by atoms with van der Waals surface area (Å²) in [5, 5.41) is 5.75. The Kier molecular flexibility index (Phi) is 13.9. The minimum atomic E-state index is -0.302. The van der Waals surface area contributed by atoms with Gasteiger partial charge in [-0.2, -0.15) is 0 Å². The van der Waals surface area contributed by atoms with Crippen LogP contribution in [0.2, 0.25) is 0 Å². The van der Waals surface area contributed by atoms with Crippen molar-refractivity contribution >= 4 is 34.8 Å². The molecule has 10 heteroatoms. The first-order valence-electron chi connectivity index (χ1n) is 13.6. The van der Waals surface area contributed by atoms with E-state index >= 15 is 0 Å². The predicted molar refractivity (Wildman–Crippen MR) is 151 cm³/mol. The van der Waals surface area contributed by atoms with Gasteiger partial charge in [0.25, 0.3) is 0 Å². The van der Waals surface area contributed by atoms with E-state index in [0.717, 1.165) is 48.2 Å². The molecule has 2 N–H and O–H groups in total. The number of quaternary nitrogens is 2. The maximum absolute atomic E-state index is 13.4. The Hall–Kier alpha value is -1.90. The number of hydrogen-bond acceptors (Lipinski definition) is 4. The van der Waals surface area contributed by atoms with Gasteiger partial charge >= 0.3 is 0 Å². The second-order valence-corrected chi connectivity index (χ2v) is 10.7. The molecule has 40 heavy (non-hydrogen) atoms. The van der Waals surface area contributed by atoms with Crippen molar-refractivity contribution in [3.05, 3.63) is 58.7 Å². The summed E-state index contributed by atoms with van der Waals surface area (Å²) < 4.78 is 1.60. The third-order valence-electron chi connectivity index (χ3n) is 8.40. The topological polar surface area (TPSA) is 92.3 Å². The van der Waals surface area contributed by atoms with E-state index in [-0.39, 0.29) is 82.5 Å². The van der Waals surface area contributed by atoms with Crippen molar-refractivity contribution in [2.45, 2.75) is 40.5 Å². The van der Waals surface area contributed by atoms with Crippen molar-refractivity contribution in [1.82, 2.24) is 0 Å². The number of carbonyl (C=O) groups is 4. The molecule has 0 atom stereocenters. The molecule has 0 saturated carbocycles. The molecule has 2 aromatic rings. The first-order chi connectivity index (χ1) is 18.0. The van der Waals surface area contributed by atoms with E-state index in [4.69, 9.17) is 0 Å². The first-order valence-corrected chi connectivity index (χ1v) is 13.6. The standard InChI is InChI=1S/C30H40N4O4.2HI/c1-7-33(5,8-2)17-15-27(35)31-21-11-13-23-25(19-21)30(38)26-20-22(12-14-24(26)29(23)37)32-28(36)16-18-34(6,9-3)10-4;;/h11-14,19-20H,7-10,15-18H2,1-6H3;2*1H. The lowest BCUT2D eigenvalue weighted by atomic mass is 9.83. The van der Waals surface area contributed by atoms with E-state index in [0.29, 0.717) is 35.3 Å². The van der Waals surface area contributed by atoms with Crippen molar-refractivity contribution in [2.75, 3.05) is 64.0 Å². The molecule has 0 heterocycles. The number of rotatable bonds is 12. The van der Waals surface area contributed by atoms with E-state index in [1.54, 1.807) is 36.4 Å². The van der Waals surface area contributed by atoms with Gasteiger partial charge < -0.3 is 67.6 Å². The monoisotopic (exact) mass is 776 g/mol. The van der Waals surface area contributed by atoms with Gasteiger partial charge in [-0.25, -0.2) is 0 Å². The summed E-state index contributed by atoms with van der Waals surface area (Å²) >= 11 is 0. The minimum absolute atomic E-state index is 0. The molecule has 220 valence electrons. The summed E-state index contributed by atoms with van der Waals surface area (Å²) in [6.07, 6.45) is 0.727. The highest BCUT2D eigenvalue weighted by Gasteiger charge is 2.30. The molecule has 0 radical (unpaired) electrons. The molecule has 0 saturated heterocycles. The van der Waals surface area contributed by atoms with Gasteiger partial charge in [0.05, 0.1) is 66.2 Å². The molecule has 3 rings (SSSR count). The average Bonchev–Trinajstić information content (AvgIpc) is 2.93. The fraction of sp³-hybridized carbons (Fsp3) is 0.467. The fourth-order valence-electron chi connectivity index (χ4n) is 4.58. The number of nitrogens with zero attached hydrogens (tertiary/aromatic N) is 2. The number of amides is 2. The van der Waals surface area contributed by atoms with Crippen LogP contribution in [0.15, 0.2) is 36.4 Å². The molecule has 0 spiro atoms. The highest BCUT2D eigenvalue weighted by Crippen LogP contribution is 2.31. The van der Waals surface area contributed by atoms with Gasteiger partial charge in [-0.15, -0.1) is 0 Å². The summed E-state index contributed by atoms with van der Waals surface area (Å²) in [6, 6.07) is 9.66. The van der Waals surface area contributed by atoms with Crippen molar-refractivity contribution < 1.29 is 76.1 Å². The van der Waals surface area contributed by atoms with Gasteiger partial charge in [-0.05, 0) is 64.1 Å². The van der Waals surface area contributed by atoms with E-state index in [1.807, 2.05) is 0 Å². The van der Waals surface area contributed by atoms with Crippen molar-refractivity contribution in [3.8, 4) is 0 Å². The zero-order chi connectivity index (χ0) is 28.1. The van der Waals surface area contributed by atoms with Crippen LogP contribution in [0.25, 0.3) is 0 Å². The van der Waals surface area contributed by atoms with Crippen LogP contribution < -0.4 is 58.6 Å². The van der Waals surface area contributed by atoms with Crippen LogP contribution in [0.1, 0.15) is 72.4 Å². The number of fused-ring (bicyclic) bond motifs is 2.